The molecule has 5 heteroatoms. The molecule has 1 saturated carbocycles. The van der Waals surface area contributed by atoms with E-state index in [0.717, 1.165) is 33.9 Å². The van der Waals surface area contributed by atoms with Crippen LogP contribution in [0.3, 0.4) is 0 Å². The summed E-state index contributed by atoms with van der Waals surface area (Å²) in [5.41, 5.74) is 5.78. The molecule has 0 N–H and O–H groups in total. The lowest BCUT2D eigenvalue weighted by molar-refractivity contribution is 0.296. The first-order chi connectivity index (χ1) is 18.2. The molecular weight excluding hydrogens is 476 g/mol. The van der Waals surface area contributed by atoms with Crippen LogP contribution in [0.4, 0.5) is 0 Å². The van der Waals surface area contributed by atoms with Gasteiger partial charge in [-0.05, 0) is 54.2 Å². The molecule has 0 bridgehead atoms. The van der Waals surface area contributed by atoms with Crippen molar-refractivity contribution >= 4 is 23.0 Å². The average Bonchev–Trinajstić information content (AvgIpc) is 3.46. The second-order valence-corrected chi connectivity index (χ2v) is 10.2. The van der Waals surface area contributed by atoms with Crippen LogP contribution < -0.4 is 9.47 Å². The van der Waals surface area contributed by atoms with Gasteiger partial charge in [0.1, 0.15) is 29.2 Å². The summed E-state index contributed by atoms with van der Waals surface area (Å²) < 4.78 is 11.5. The zero-order valence-electron chi connectivity index (χ0n) is 21.0. The van der Waals surface area contributed by atoms with E-state index >= 15 is 0 Å². The highest BCUT2D eigenvalue weighted by Gasteiger charge is 2.16. The van der Waals surface area contributed by atoms with Crippen LogP contribution in [0.25, 0.3) is 22.9 Å². The van der Waals surface area contributed by atoms with Crippen LogP contribution in [-0.4, -0.2) is 12.1 Å². The average molecular weight is 507 g/mol. The molecule has 0 radical (unpaired) electrons. The Morgan fingerprint density at radius 1 is 1.03 bits per heavy atom. The van der Waals surface area contributed by atoms with Gasteiger partial charge in [0.2, 0.25) is 0 Å². The van der Waals surface area contributed by atoms with Gasteiger partial charge in [-0.25, -0.2) is 4.98 Å². The molecule has 0 unspecified atom stereocenters. The second-order valence-electron chi connectivity index (χ2n) is 9.34. The Labute approximate surface area is 222 Å². The molecule has 0 spiro atoms. The van der Waals surface area contributed by atoms with Crippen molar-refractivity contribution in [1.82, 2.24) is 4.98 Å². The van der Waals surface area contributed by atoms with Crippen molar-refractivity contribution in [3.05, 3.63) is 99.9 Å². The third kappa shape index (κ3) is 6.10. The van der Waals surface area contributed by atoms with Crippen molar-refractivity contribution < 1.29 is 9.47 Å². The smallest absolute Gasteiger partial charge is 0.134 e. The molecule has 1 aliphatic rings. The number of hydrogen-bond donors (Lipinski definition) is 0. The summed E-state index contributed by atoms with van der Waals surface area (Å²) in [6.07, 6.45) is 8.48. The van der Waals surface area contributed by atoms with E-state index in [2.05, 4.69) is 30.3 Å². The number of thiazole rings is 1. The Kier molecular flexibility index (Phi) is 7.98. The SMILES string of the molecule is COc1cc(/C=C(/C#N)c2nc(-c3ccc(C4CCCCC4)cc3)cs2)ccc1COc1ccccc1. The Bertz CT molecular complexity index is 1390. The molecule has 0 atom stereocenters. The number of rotatable bonds is 8. The van der Waals surface area contributed by atoms with Gasteiger partial charge in [0.25, 0.3) is 0 Å². The highest BCUT2D eigenvalue weighted by atomic mass is 32.1. The molecule has 4 aromatic rings. The Hall–Kier alpha value is -3.88. The topological polar surface area (TPSA) is 55.1 Å². The minimum atomic E-state index is 0.400. The van der Waals surface area contributed by atoms with Gasteiger partial charge in [0, 0.05) is 16.5 Å². The van der Waals surface area contributed by atoms with Gasteiger partial charge in [-0.3, -0.25) is 0 Å². The lowest BCUT2D eigenvalue weighted by Gasteiger charge is -2.22. The Morgan fingerprint density at radius 3 is 2.54 bits per heavy atom. The molecule has 0 saturated heterocycles. The minimum Gasteiger partial charge on any atom is -0.496 e. The molecule has 186 valence electrons. The fourth-order valence-electron chi connectivity index (χ4n) is 4.85. The van der Waals surface area contributed by atoms with Crippen molar-refractivity contribution in [3.8, 4) is 28.8 Å². The first-order valence-electron chi connectivity index (χ1n) is 12.8. The summed E-state index contributed by atoms with van der Waals surface area (Å²) in [6.45, 7) is 0.400. The third-order valence-corrected chi connectivity index (χ3v) is 7.77. The Morgan fingerprint density at radius 2 is 1.81 bits per heavy atom. The largest absolute Gasteiger partial charge is 0.496 e. The lowest BCUT2D eigenvalue weighted by Crippen LogP contribution is -2.04. The van der Waals surface area contributed by atoms with E-state index in [0.29, 0.717) is 23.1 Å². The molecule has 3 aromatic carbocycles. The maximum absolute atomic E-state index is 9.89. The molecule has 1 fully saturated rings. The van der Waals surface area contributed by atoms with E-state index in [4.69, 9.17) is 14.5 Å². The lowest BCUT2D eigenvalue weighted by atomic mass is 9.84. The van der Waals surface area contributed by atoms with Crippen molar-refractivity contribution in [2.45, 2.75) is 44.6 Å². The summed E-state index contributed by atoms with van der Waals surface area (Å²) >= 11 is 1.49. The first kappa shape index (κ1) is 24.8. The summed E-state index contributed by atoms with van der Waals surface area (Å²) in [5, 5.41) is 12.6. The number of methoxy groups -OCH3 is 1. The molecular formula is C32H30N2O2S. The number of ether oxygens (including phenoxy) is 2. The van der Waals surface area contributed by atoms with Crippen LogP contribution in [0, 0.1) is 11.3 Å². The van der Waals surface area contributed by atoms with Crippen LogP contribution in [-0.2, 0) is 6.61 Å². The number of allylic oxidation sites excluding steroid dienone is 1. The van der Waals surface area contributed by atoms with E-state index in [1.165, 1.54) is 49.0 Å². The summed E-state index contributed by atoms with van der Waals surface area (Å²) in [5.74, 6) is 2.22. The van der Waals surface area contributed by atoms with Crippen molar-refractivity contribution in [2.24, 2.45) is 0 Å². The number of nitrogens with zero attached hydrogens (tertiary/aromatic N) is 2. The van der Waals surface area contributed by atoms with Crippen LogP contribution in [0.2, 0.25) is 0 Å². The van der Waals surface area contributed by atoms with E-state index < -0.39 is 0 Å². The van der Waals surface area contributed by atoms with Crippen molar-refractivity contribution in [2.75, 3.05) is 7.11 Å². The standard InChI is InChI=1S/C32H30N2O2S/c1-35-31-19-23(12-13-27(31)21-36-29-10-6-3-7-11-29)18-28(20-33)32-34-30(22-37-32)26-16-14-25(15-17-26)24-8-4-2-5-9-24/h3,6-7,10-19,22,24H,2,4-5,8-9,21H2,1H3/b28-18-. The van der Waals surface area contributed by atoms with Gasteiger partial charge in [-0.2, -0.15) is 5.26 Å². The third-order valence-electron chi connectivity index (χ3n) is 6.90. The van der Waals surface area contributed by atoms with Crippen LogP contribution in [0.15, 0.2) is 78.2 Å². The van der Waals surface area contributed by atoms with E-state index in [9.17, 15) is 5.26 Å². The van der Waals surface area contributed by atoms with Crippen molar-refractivity contribution in [3.63, 3.8) is 0 Å². The summed E-state index contributed by atoms with van der Waals surface area (Å²) in [7, 11) is 1.65. The van der Waals surface area contributed by atoms with Crippen LogP contribution in [0.5, 0.6) is 11.5 Å². The normalized spacial score (nSPS) is 14.2. The number of nitriles is 1. The maximum atomic E-state index is 9.89. The highest BCUT2D eigenvalue weighted by molar-refractivity contribution is 7.11. The predicted molar refractivity (Wildman–Crippen MR) is 151 cm³/mol. The molecule has 5 rings (SSSR count). The van der Waals surface area contributed by atoms with Gasteiger partial charge in [-0.15, -0.1) is 11.3 Å². The first-order valence-corrected chi connectivity index (χ1v) is 13.6. The molecule has 0 amide bonds. The van der Waals surface area contributed by atoms with E-state index in [1.807, 2.05) is 60.0 Å². The highest BCUT2D eigenvalue weighted by Crippen LogP contribution is 2.34. The van der Waals surface area contributed by atoms with Gasteiger partial charge < -0.3 is 9.47 Å². The van der Waals surface area contributed by atoms with Gasteiger partial charge in [0.05, 0.1) is 18.4 Å². The number of para-hydroxylation sites is 1. The molecule has 37 heavy (non-hydrogen) atoms. The zero-order chi connectivity index (χ0) is 25.5. The number of aromatic nitrogens is 1. The fraction of sp³-hybridized carbons (Fsp3) is 0.250. The van der Waals surface area contributed by atoms with Gasteiger partial charge in [0.15, 0.2) is 0 Å². The van der Waals surface area contributed by atoms with E-state index in [-0.39, 0.29) is 0 Å². The van der Waals surface area contributed by atoms with Gasteiger partial charge >= 0.3 is 0 Å². The molecule has 1 aromatic heterocycles. The quantitative estimate of drug-likeness (QED) is 0.225. The molecule has 0 aliphatic heterocycles. The van der Waals surface area contributed by atoms with Crippen molar-refractivity contribution in [1.29, 1.82) is 5.26 Å². The summed E-state index contributed by atoms with van der Waals surface area (Å²) in [4.78, 5) is 4.79. The molecule has 4 nitrogen and oxygen atoms in total. The molecule has 1 heterocycles. The molecule has 1 aliphatic carbocycles. The van der Waals surface area contributed by atoms with E-state index in [1.54, 1.807) is 7.11 Å². The van der Waals surface area contributed by atoms with Gasteiger partial charge in [-0.1, -0.05) is 73.9 Å². The second kappa shape index (κ2) is 11.9. The zero-order valence-corrected chi connectivity index (χ0v) is 21.8. The minimum absolute atomic E-state index is 0.400. The fourth-order valence-corrected chi connectivity index (χ4v) is 5.64. The monoisotopic (exact) mass is 506 g/mol. The van der Waals surface area contributed by atoms with Crippen LogP contribution in [0.1, 0.15) is 59.7 Å². The number of hydrogen-bond acceptors (Lipinski definition) is 5. The van der Waals surface area contributed by atoms with Crippen LogP contribution >= 0.6 is 11.3 Å². The number of benzene rings is 3. The summed E-state index contributed by atoms with van der Waals surface area (Å²) in [6, 6.07) is 26.7. The Balaban J connectivity index is 1.31. The predicted octanol–water partition coefficient (Wildman–Crippen LogP) is 8.51. The maximum Gasteiger partial charge on any atom is 0.134 e.